The summed E-state index contributed by atoms with van der Waals surface area (Å²) in [4.78, 5) is 2.10. The zero-order valence-corrected chi connectivity index (χ0v) is 28.6. The maximum Gasteiger partial charge on any atom is 0.205 e. The van der Waals surface area contributed by atoms with Gasteiger partial charge >= 0.3 is 0 Å². The normalized spacial score (nSPS) is 12.8. The van der Waals surface area contributed by atoms with E-state index >= 15 is 0 Å². The van der Waals surface area contributed by atoms with Crippen molar-refractivity contribution < 1.29 is 17.5 Å². The van der Waals surface area contributed by atoms with Gasteiger partial charge in [-0.05, 0) is 90.6 Å². The molecule has 0 amide bonds. The molecule has 0 bridgehead atoms. The third-order valence-corrected chi connectivity index (χ3v) is 9.35. The highest BCUT2D eigenvalue weighted by molar-refractivity contribution is 7.85. The van der Waals surface area contributed by atoms with Gasteiger partial charge in [0.25, 0.3) is 0 Å². The summed E-state index contributed by atoms with van der Waals surface area (Å²) in [5.74, 6) is 0. The number of aryl methyl sites for hydroxylation is 2. The Hall–Kier alpha value is -4.52. The van der Waals surface area contributed by atoms with Crippen molar-refractivity contribution in [3.63, 3.8) is 0 Å². The van der Waals surface area contributed by atoms with E-state index in [1.165, 1.54) is 17.2 Å². The Labute approximate surface area is 280 Å². The molecule has 0 aliphatic heterocycles. The molecule has 0 spiro atoms. The van der Waals surface area contributed by atoms with Crippen LogP contribution in [0.5, 0.6) is 0 Å². The molecule has 4 aromatic rings. The fraction of sp³-hybridized carbons (Fsp3) is 0.244. The molecule has 0 atom stereocenters. The Morgan fingerprint density at radius 1 is 0.723 bits per heavy atom. The van der Waals surface area contributed by atoms with Crippen molar-refractivity contribution in [2.24, 2.45) is 0 Å². The number of nitrogens with zero attached hydrogens (tertiary/aromatic N) is 2. The van der Waals surface area contributed by atoms with E-state index in [9.17, 15) is 13.0 Å². The first kappa shape index (κ1) is 33.8. The number of unbranched alkanes of at least 4 members (excludes halogenated alkanes) is 2. The van der Waals surface area contributed by atoms with Gasteiger partial charge in [-0.1, -0.05) is 81.3 Å². The molecule has 1 aliphatic carbocycles. The van der Waals surface area contributed by atoms with Crippen LogP contribution in [0.25, 0.3) is 5.57 Å². The van der Waals surface area contributed by atoms with Crippen LogP contribution in [0.3, 0.4) is 0 Å². The molecule has 0 fully saturated rings. The minimum Gasteiger partial charge on any atom is -0.744 e. The molecule has 0 radical (unpaired) electrons. The van der Waals surface area contributed by atoms with Gasteiger partial charge in [-0.15, -0.1) is 0 Å². The van der Waals surface area contributed by atoms with Crippen molar-refractivity contribution in [2.45, 2.75) is 58.3 Å². The zero-order chi connectivity index (χ0) is 33.4. The molecule has 4 aromatic carbocycles. The first-order chi connectivity index (χ1) is 22.7. The molecule has 242 valence electrons. The number of allylic oxidation sites excluding steroid dienone is 5. The third-order valence-electron chi connectivity index (χ3n) is 8.46. The highest BCUT2D eigenvalue weighted by Crippen LogP contribution is 2.36. The Bertz CT molecular complexity index is 1930. The van der Waals surface area contributed by atoms with Crippen LogP contribution in [0, 0.1) is 13.8 Å². The van der Waals surface area contributed by atoms with Crippen LogP contribution < -0.4 is 4.90 Å². The fourth-order valence-electron chi connectivity index (χ4n) is 6.02. The van der Waals surface area contributed by atoms with Crippen molar-refractivity contribution in [3.8, 4) is 0 Å². The van der Waals surface area contributed by atoms with E-state index in [1.807, 2.05) is 24.3 Å². The Morgan fingerprint density at radius 3 is 2.02 bits per heavy atom. The van der Waals surface area contributed by atoms with E-state index in [2.05, 4.69) is 110 Å². The van der Waals surface area contributed by atoms with Crippen LogP contribution in [-0.4, -0.2) is 36.3 Å². The maximum absolute atomic E-state index is 12.5. The van der Waals surface area contributed by atoms with Crippen LogP contribution in [0.4, 0.5) is 17.1 Å². The van der Waals surface area contributed by atoms with Gasteiger partial charge in [-0.25, -0.2) is 8.42 Å². The minimum absolute atomic E-state index is 0.225. The van der Waals surface area contributed by atoms with Crippen molar-refractivity contribution in [3.05, 3.63) is 149 Å². The molecule has 5 rings (SSSR count). The smallest absolute Gasteiger partial charge is 0.205 e. The summed E-state index contributed by atoms with van der Waals surface area (Å²) in [6.07, 6.45) is 12.5. The van der Waals surface area contributed by atoms with Crippen molar-refractivity contribution >= 4 is 38.5 Å². The number of hydrogen-bond acceptors (Lipinski definition) is 4. The lowest BCUT2D eigenvalue weighted by Gasteiger charge is -2.26. The zero-order valence-electron chi connectivity index (χ0n) is 27.8. The monoisotopic (exact) mass is 644 g/mol. The summed E-state index contributed by atoms with van der Waals surface area (Å²) in [5.41, 5.74) is 9.53. The standard InChI is InChI=1S/C41H44N2O3S/c1-5-7-27-42(37-15-11-13-31(3)29-37)35-23-19-33(20-24-35)41(39-17-9-10-18-40(39)47(44,45)46)34-21-25-36(26-22-34)43(28-8-6-2)38-16-12-14-32(4)30-38/h9-26,29-30H,5-8,27-28H2,1-4H3. The lowest BCUT2D eigenvalue weighted by Crippen LogP contribution is -2.18. The quantitative estimate of drug-likeness (QED) is 0.114. The number of hydrogen-bond donors (Lipinski definition) is 0. The molecule has 5 nitrogen and oxygen atoms in total. The predicted octanol–water partition coefficient (Wildman–Crippen LogP) is 9.66. The summed E-state index contributed by atoms with van der Waals surface area (Å²) < 4.78 is 39.8. The van der Waals surface area contributed by atoms with Gasteiger partial charge in [-0.2, -0.15) is 4.58 Å². The third kappa shape index (κ3) is 8.26. The van der Waals surface area contributed by atoms with Crippen molar-refractivity contribution in [2.75, 3.05) is 18.0 Å². The maximum atomic E-state index is 12.5. The summed E-state index contributed by atoms with van der Waals surface area (Å²) in [6.45, 7) is 10.3. The van der Waals surface area contributed by atoms with Gasteiger partial charge in [0, 0.05) is 54.2 Å². The molecule has 47 heavy (non-hydrogen) atoms. The summed E-state index contributed by atoms with van der Waals surface area (Å²) in [5, 5.41) is 0. The molecule has 0 heterocycles. The Morgan fingerprint density at radius 2 is 1.38 bits per heavy atom. The number of benzene rings is 4. The van der Waals surface area contributed by atoms with E-state index in [4.69, 9.17) is 0 Å². The summed E-state index contributed by atoms with van der Waals surface area (Å²) >= 11 is 0. The van der Waals surface area contributed by atoms with E-state index in [-0.39, 0.29) is 4.90 Å². The molecule has 0 unspecified atom stereocenters. The van der Waals surface area contributed by atoms with Gasteiger partial charge in [-0.3, -0.25) is 0 Å². The predicted molar refractivity (Wildman–Crippen MR) is 194 cm³/mol. The molecule has 0 saturated carbocycles. The Kier molecular flexibility index (Phi) is 11.1. The highest BCUT2D eigenvalue weighted by atomic mass is 32.2. The topological polar surface area (TPSA) is 63.5 Å². The second-order valence-corrected chi connectivity index (χ2v) is 13.5. The molecular formula is C41H44N2O3S. The fourth-order valence-corrected chi connectivity index (χ4v) is 6.71. The van der Waals surface area contributed by atoms with E-state index in [0.717, 1.165) is 72.7 Å². The Balaban J connectivity index is 1.64. The van der Waals surface area contributed by atoms with Gasteiger partial charge in [0.1, 0.15) is 16.7 Å². The second kappa shape index (κ2) is 15.4. The molecule has 1 aliphatic rings. The van der Waals surface area contributed by atoms with Gasteiger partial charge in [0.2, 0.25) is 11.4 Å². The van der Waals surface area contributed by atoms with Crippen LogP contribution in [0.15, 0.2) is 132 Å². The highest BCUT2D eigenvalue weighted by Gasteiger charge is 2.21. The lowest BCUT2D eigenvalue weighted by molar-refractivity contribution is -0.439. The summed E-state index contributed by atoms with van der Waals surface area (Å²) in [6, 6.07) is 31.7. The van der Waals surface area contributed by atoms with Gasteiger partial charge in [0.05, 0.1) is 4.90 Å². The molecule has 0 aromatic heterocycles. The minimum atomic E-state index is -4.73. The van der Waals surface area contributed by atoms with E-state index in [1.54, 1.807) is 18.2 Å². The lowest BCUT2D eigenvalue weighted by atomic mass is 9.90. The molecule has 0 N–H and O–H groups in total. The van der Waals surface area contributed by atoms with Gasteiger partial charge in [0.15, 0.2) is 0 Å². The average Bonchev–Trinajstić information content (AvgIpc) is 3.06. The molecular weight excluding hydrogens is 601 g/mol. The first-order valence-electron chi connectivity index (χ1n) is 16.5. The van der Waals surface area contributed by atoms with Crippen molar-refractivity contribution in [1.29, 1.82) is 0 Å². The van der Waals surface area contributed by atoms with E-state index in [0.29, 0.717) is 11.1 Å². The largest absolute Gasteiger partial charge is 0.744 e. The number of rotatable bonds is 12. The molecule has 0 saturated heterocycles. The first-order valence-corrected chi connectivity index (χ1v) is 17.9. The number of anilines is 2. The molecule has 6 heteroatoms. The van der Waals surface area contributed by atoms with Gasteiger partial charge < -0.3 is 9.45 Å². The van der Waals surface area contributed by atoms with Crippen LogP contribution in [0.2, 0.25) is 0 Å². The van der Waals surface area contributed by atoms with Crippen LogP contribution >= 0.6 is 0 Å². The SMILES string of the molecule is CCCCN(c1ccc(C(=C2C=CC(=[N+](CCCC)c3cccc(C)c3)C=C2)c2ccccc2S(=O)(=O)[O-])cc1)c1cccc(C)c1. The van der Waals surface area contributed by atoms with Crippen LogP contribution in [0.1, 0.15) is 61.8 Å². The van der Waals surface area contributed by atoms with Crippen LogP contribution in [-0.2, 0) is 10.1 Å². The van der Waals surface area contributed by atoms with Crippen molar-refractivity contribution in [1.82, 2.24) is 0 Å². The second-order valence-electron chi connectivity index (χ2n) is 12.1. The average molecular weight is 645 g/mol. The summed E-state index contributed by atoms with van der Waals surface area (Å²) in [7, 11) is -4.73. The van der Waals surface area contributed by atoms with E-state index < -0.39 is 10.1 Å².